The summed E-state index contributed by atoms with van der Waals surface area (Å²) in [5.74, 6) is 1.36. The predicted octanol–water partition coefficient (Wildman–Crippen LogP) is 1.49. The number of likely N-dealkylation sites (tertiary alicyclic amines) is 1. The van der Waals surface area contributed by atoms with Gasteiger partial charge in [0.1, 0.15) is 5.82 Å². The Kier molecular flexibility index (Phi) is 4.98. The molecule has 0 spiro atoms. The fourth-order valence-electron chi connectivity index (χ4n) is 4.59. The fraction of sp³-hybridized carbons (Fsp3) is 0.550. The van der Waals surface area contributed by atoms with Gasteiger partial charge in [-0.3, -0.25) is 9.89 Å². The number of amides is 1. The highest BCUT2D eigenvalue weighted by Crippen LogP contribution is 2.45. The molecule has 1 aromatic carbocycles. The smallest absolute Gasteiger partial charge is 0.243 e. The summed E-state index contributed by atoms with van der Waals surface area (Å²) in [4.78, 5) is 18.7. The lowest BCUT2D eigenvalue weighted by Crippen LogP contribution is -2.51. The van der Waals surface area contributed by atoms with Crippen LogP contribution in [0.25, 0.3) is 0 Å². The van der Waals surface area contributed by atoms with Gasteiger partial charge in [0.2, 0.25) is 15.9 Å². The predicted molar refractivity (Wildman–Crippen MR) is 108 cm³/mol. The van der Waals surface area contributed by atoms with E-state index < -0.39 is 15.4 Å². The third-order valence-corrected chi connectivity index (χ3v) is 8.26. The molecular formula is C20H27N5O3S. The van der Waals surface area contributed by atoms with E-state index in [9.17, 15) is 13.2 Å². The molecule has 2 fully saturated rings. The van der Waals surface area contributed by atoms with Gasteiger partial charge >= 0.3 is 0 Å². The maximum atomic E-state index is 13.2. The Morgan fingerprint density at radius 1 is 1.28 bits per heavy atom. The van der Waals surface area contributed by atoms with E-state index >= 15 is 0 Å². The zero-order valence-corrected chi connectivity index (χ0v) is 17.9. The molecule has 156 valence electrons. The van der Waals surface area contributed by atoms with Gasteiger partial charge in [0, 0.05) is 39.0 Å². The molecule has 3 heterocycles. The van der Waals surface area contributed by atoms with Crippen molar-refractivity contribution in [3.8, 4) is 0 Å². The summed E-state index contributed by atoms with van der Waals surface area (Å²) >= 11 is 0. The Bertz CT molecular complexity index is 1020. The Labute approximate surface area is 171 Å². The van der Waals surface area contributed by atoms with Crippen molar-refractivity contribution in [3.05, 3.63) is 41.5 Å². The molecule has 1 amide bonds. The highest BCUT2D eigenvalue weighted by atomic mass is 32.2. The summed E-state index contributed by atoms with van der Waals surface area (Å²) in [6.45, 7) is 7.23. The maximum Gasteiger partial charge on any atom is 0.243 e. The zero-order valence-electron chi connectivity index (χ0n) is 17.1. The average Bonchev–Trinajstić information content (AvgIpc) is 3.32. The Hall–Kier alpha value is -2.26. The van der Waals surface area contributed by atoms with Crippen LogP contribution in [0.3, 0.4) is 0 Å². The quantitative estimate of drug-likeness (QED) is 0.812. The molecule has 1 aromatic heterocycles. The van der Waals surface area contributed by atoms with Crippen molar-refractivity contribution >= 4 is 15.9 Å². The van der Waals surface area contributed by atoms with Crippen molar-refractivity contribution in [2.45, 2.75) is 43.9 Å². The van der Waals surface area contributed by atoms with Crippen LogP contribution in [0.4, 0.5) is 0 Å². The minimum atomic E-state index is -3.59. The summed E-state index contributed by atoms with van der Waals surface area (Å²) in [6.07, 6.45) is 1.45. The lowest BCUT2D eigenvalue weighted by molar-refractivity contribution is -0.128. The van der Waals surface area contributed by atoms with Crippen LogP contribution in [0.2, 0.25) is 0 Å². The molecule has 2 atom stereocenters. The fourth-order valence-corrected chi connectivity index (χ4v) is 6.07. The van der Waals surface area contributed by atoms with Crippen LogP contribution < -0.4 is 0 Å². The van der Waals surface area contributed by atoms with E-state index in [2.05, 4.69) is 15.2 Å². The molecule has 2 aliphatic heterocycles. The van der Waals surface area contributed by atoms with Crippen molar-refractivity contribution in [2.75, 3.05) is 26.2 Å². The van der Waals surface area contributed by atoms with E-state index in [0.717, 1.165) is 17.8 Å². The summed E-state index contributed by atoms with van der Waals surface area (Å²) in [7, 11) is -3.59. The number of piperidine rings is 1. The van der Waals surface area contributed by atoms with Crippen molar-refractivity contribution in [2.24, 2.45) is 5.92 Å². The van der Waals surface area contributed by atoms with Gasteiger partial charge in [-0.2, -0.15) is 9.40 Å². The number of carbonyl (C=O) groups is 1. The van der Waals surface area contributed by atoms with E-state index in [1.807, 2.05) is 26.0 Å². The SMILES string of the molecule is CCc1ccc(S(=O)(=O)N2CC[C@@]3(c4n[nH]c(C)n4)CN(C(C)=O)C[C@H]3C2)cc1. The molecule has 0 unspecified atom stereocenters. The van der Waals surface area contributed by atoms with Crippen LogP contribution in [0.5, 0.6) is 0 Å². The second kappa shape index (κ2) is 7.21. The second-order valence-electron chi connectivity index (χ2n) is 8.11. The minimum absolute atomic E-state index is 0.00408. The first-order valence-electron chi connectivity index (χ1n) is 10.0. The van der Waals surface area contributed by atoms with Gasteiger partial charge in [-0.05, 0) is 37.5 Å². The normalized spacial score (nSPS) is 25.2. The lowest BCUT2D eigenvalue weighted by Gasteiger charge is -2.40. The summed E-state index contributed by atoms with van der Waals surface area (Å²) in [6, 6.07) is 7.10. The minimum Gasteiger partial charge on any atom is -0.342 e. The Morgan fingerprint density at radius 3 is 2.59 bits per heavy atom. The largest absolute Gasteiger partial charge is 0.342 e. The highest BCUT2D eigenvalue weighted by Gasteiger charge is 2.55. The third kappa shape index (κ3) is 3.36. The topological polar surface area (TPSA) is 99.3 Å². The first-order chi connectivity index (χ1) is 13.8. The molecule has 0 radical (unpaired) electrons. The van der Waals surface area contributed by atoms with E-state index in [-0.39, 0.29) is 11.8 Å². The molecule has 9 heteroatoms. The molecular weight excluding hydrogens is 390 g/mol. The van der Waals surface area contributed by atoms with Crippen molar-refractivity contribution < 1.29 is 13.2 Å². The summed E-state index contributed by atoms with van der Waals surface area (Å²) in [5, 5.41) is 7.29. The van der Waals surface area contributed by atoms with E-state index in [4.69, 9.17) is 0 Å². The number of hydrogen-bond donors (Lipinski definition) is 1. The van der Waals surface area contributed by atoms with Crippen LogP contribution in [-0.2, 0) is 26.7 Å². The van der Waals surface area contributed by atoms with Gasteiger partial charge in [-0.25, -0.2) is 13.4 Å². The van der Waals surface area contributed by atoms with E-state index in [0.29, 0.717) is 43.3 Å². The van der Waals surface area contributed by atoms with Crippen molar-refractivity contribution in [1.82, 2.24) is 24.4 Å². The third-order valence-electron chi connectivity index (χ3n) is 6.38. The van der Waals surface area contributed by atoms with Gasteiger partial charge in [-0.15, -0.1) is 0 Å². The van der Waals surface area contributed by atoms with Gasteiger partial charge < -0.3 is 4.90 Å². The number of aromatic nitrogens is 3. The highest BCUT2D eigenvalue weighted by molar-refractivity contribution is 7.89. The van der Waals surface area contributed by atoms with Gasteiger partial charge in [0.25, 0.3) is 0 Å². The number of carbonyl (C=O) groups excluding carboxylic acids is 1. The zero-order chi connectivity index (χ0) is 20.8. The van der Waals surface area contributed by atoms with Gasteiger partial charge in [0.05, 0.1) is 10.3 Å². The van der Waals surface area contributed by atoms with Crippen LogP contribution in [-0.4, -0.2) is 64.9 Å². The first-order valence-corrected chi connectivity index (χ1v) is 11.4. The molecule has 0 saturated carbocycles. The summed E-state index contributed by atoms with van der Waals surface area (Å²) < 4.78 is 28.0. The number of aryl methyl sites for hydroxylation is 2. The monoisotopic (exact) mass is 417 g/mol. The molecule has 29 heavy (non-hydrogen) atoms. The number of nitrogens with one attached hydrogen (secondary N) is 1. The number of fused-ring (bicyclic) bond motifs is 1. The standard InChI is InChI=1S/C20H27N5O3S/c1-4-16-5-7-18(8-6-16)29(27,28)25-10-9-20(19-21-14(2)22-23-19)13-24(15(3)26)11-17(20)12-25/h5-8,17H,4,9-13H2,1-3H3,(H,21,22,23)/t17-,20+/m0/s1. The number of nitrogens with zero attached hydrogens (tertiary/aromatic N) is 4. The van der Waals surface area contributed by atoms with Gasteiger partial charge in [0.15, 0.2) is 5.82 Å². The summed E-state index contributed by atoms with van der Waals surface area (Å²) in [5.41, 5.74) is 0.698. The van der Waals surface area contributed by atoms with Crippen LogP contribution in [0.1, 0.15) is 37.5 Å². The van der Waals surface area contributed by atoms with E-state index in [1.54, 1.807) is 28.3 Å². The van der Waals surface area contributed by atoms with E-state index in [1.165, 1.54) is 0 Å². The number of benzene rings is 1. The maximum absolute atomic E-state index is 13.2. The first kappa shape index (κ1) is 20.0. The molecule has 4 rings (SSSR count). The number of rotatable bonds is 4. The van der Waals surface area contributed by atoms with Crippen LogP contribution in [0, 0.1) is 12.8 Å². The molecule has 0 aliphatic carbocycles. The molecule has 2 aliphatic rings. The molecule has 2 aromatic rings. The Balaban J connectivity index is 1.64. The Morgan fingerprint density at radius 2 is 2.00 bits per heavy atom. The van der Waals surface area contributed by atoms with Gasteiger partial charge in [-0.1, -0.05) is 19.1 Å². The average molecular weight is 418 g/mol. The number of sulfonamides is 1. The lowest BCUT2D eigenvalue weighted by atomic mass is 9.72. The van der Waals surface area contributed by atoms with Crippen molar-refractivity contribution in [3.63, 3.8) is 0 Å². The molecule has 8 nitrogen and oxygen atoms in total. The molecule has 0 bridgehead atoms. The number of hydrogen-bond acceptors (Lipinski definition) is 5. The molecule has 1 N–H and O–H groups in total. The number of aromatic amines is 1. The molecule has 2 saturated heterocycles. The van der Waals surface area contributed by atoms with Crippen LogP contribution >= 0.6 is 0 Å². The van der Waals surface area contributed by atoms with Crippen molar-refractivity contribution in [1.29, 1.82) is 0 Å². The number of H-pyrrole nitrogens is 1. The van der Waals surface area contributed by atoms with Crippen LogP contribution in [0.15, 0.2) is 29.2 Å². The second-order valence-corrected chi connectivity index (χ2v) is 10.0.